The minimum atomic E-state index is 0. The van der Waals surface area contributed by atoms with Crippen LogP contribution in [0.4, 0.5) is 11.4 Å². The van der Waals surface area contributed by atoms with Crippen LogP contribution in [0, 0.1) is 0 Å². The summed E-state index contributed by atoms with van der Waals surface area (Å²) in [6, 6.07) is 21.4. The maximum Gasteiger partial charge on any atom is 0.0963 e. The van der Waals surface area contributed by atoms with Crippen LogP contribution in [0.3, 0.4) is 0 Å². The first kappa shape index (κ1) is 25.0. The summed E-state index contributed by atoms with van der Waals surface area (Å²) in [6.07, 6.45) is 0. The molecule has 0 aromatic heterocycles. The van der Waals surface area contributed by atoms with Gasteiger partial charge >= 0.3 is 0 Å². The largest absolute Gasteiger partial charge is 1.00 e. The van der Waals surface area contributed by atoms with E-state index in [1.54, 1.807) is 0 Å². The van der Waals surface area contributed by atoms with E-state index >= 15 is 0 Å². The average molecular weight is 523 g/mol. The average Bonchev–Trinajstić information content (AvgIpc) is 2.81. The molecule has 166 valence electrons. The van der Waals surface area contributed by atoms with Crippen LogP contribution in [0.25, 0.3) is 0 Å². The second-order valence-corrected chi connectivity index (χ2v) is 8.46. The molecule has 2 aliphatic heterocycles. The predicted octanol–water partition coefficient (Wildman–Crippen LogP) is 0.806. The van der Waals surface area contributed by atoms with E-state index < -0.39 is 0 Å². The summed E-state index contributed by atoms with van der Waals surface area (Å²) in [7, 11) is 2.36. The molecule has 4 nitrogen and oxygen atoms in total. The number of halogens is 1. The molecule has 0 spiro atoms. The highest BCUT2D eigenvalue weighted by molar-refractivity contribution is 5.47. The molecule has 2 saturated heterocycles. The number of piperazine rings is 2. The molecule has 0 saturated carbocycles. The van der Waals surface area contributed by atoms with Gasteiger partial charge in [0.15, 0.2) is 0 Å². The van der Waals surface area contributed by atoms with Gasteiger partial charge in [-0.2, -0.15) is 0 Å². The Balaban J connectivity index is 0.000000207. The Morgan fingerprint density at radius 2 is 1.10 bits per heavy atom. The number of quaternary nitrogens is 1. The number of nitrogens with zero attached hydrogens (tertiary/aromatic N) is 4. The van der Waals surface area contributed by atoms with Crippen molar-refractivity contribution in [1.29, 1.82) is 0 Å². The topological polar surface area (TPSA) is 9.72 Å². The number of para-hydroxylation sites is 2. The first-order chi connectivity index (χ1) is 14.1. The summed E-state index contributed by atoms with van der Waals surface area (Å²) >= 11 is 0. The molecular formula is C25H39IN4. The van der Waals surface area contributed by atoms with Crippen LogP contribution in [0.15, 0.2) is 60.7 Å². The monoisotopic (exact) mass is 522 g/mol. The van der Waals surface area contributed by atoms with Gasteiger partial charge in [-0.1, -0.05) is 43.3 Å². The molecule has 0 radical (unpaired) electrons. The molecule has 5 heteroatoms. The summed E-state index contributed by atoms with van der Waals surface area (Å²) in [5.74, 6) is 0. The van der Waals surface area contributed by atoms with Crippen LogP contribution in [-0.2, 0) is 0 Å². The van der Waals surface area contributed by atoms with E-state index in [2.05, 4.69) is 96.3 Å². The number of benzene rings is 2. The van der Waals surface area contributed by atoms with E-state index in [-0.39, 0.29) is 24.0 Å². The highest BCUT2D eigenvalue weighted by Crippen LogP contribution is 2.18. The van der Waals surface area contributed by atoms with Crippen molar-refractivity contribution in [2.45, 2.75) is 13.8 Å². The molecule has 2 aromatic carbocycles. The maximum absolute atomic E-state index is 2.50. The van der Waals surface area contributed by atoms with Crippen LogP contribution in [0.1, 0.15) is 13.8 Å². The van der Waals surface area contributed by atoms with E-state index in [1.807, 2.05) is 0 Å². The van der Waals surface area contributed by atoms with Crippen LogP contribution < -0.4 is 33.8 Å². The van der Waals surface area contributed by atoms with Crippen molar-refractivity contribution < 1.29 is 28.5 Å². The minimum absolute atomic E-state index is 0. The van der Waals surface area contributed by atoms with Crippen LogP contribution >= 0.6 is 0 Å². The summed E-state index contributed by atoms with van der Waals surface area (Å²) in [4.78, 5) is 7.46. The van der Waals surface area contributed by atoms with Crippen molar-refractivity contribution in [2.24, 2.45) is 0 Å². The maximum atomic E-state index is 2.50. The van der Waals surface area contributed by atoms with E-state index in [9.17, 15) is 0 Å². The molecule has 0 bridgehead atoms. The number of likely N-dealkylation sites (N-methyl/N-ethyl adjacent to an activating group) is 2. The van der Waals surface area contributed by atoms with Crippen molar-refractivity contribution in [3.8, 4) is 0 Å². The number of hydrogen-bond donors (Lipinski definition) is 0. The van der Waals surface area contributed by atoms with Gasteiger partial charge in [-0.15, -0.1) is 0 Å². The zero-order valence-corrected chi connectivity index (χ0v) is 21.2. The van der Waals surface area contributed by atoms with Gasteiger partial charge in [0.05, 0.1) is 39.8 Å². The third kappa shape index (κ3) is 7.13. The predicted molar refractivity (Wildman–Crippen MR) is 126 cm³/mol. The zero-order valence-electron chi connectivity index (χ0n) is 19.0. The fraction of sp³-hybridized carbons (Fsp3) is 0.520. The Morgan fingerprint density at radius 1 is 0.667 bits per heavy atom. The first-order valence-electron chi connectivity index (χ1n) is 11.3. The van der Waals surface area contributed by atoms with Gasteiger partial charge in [0.1, 0.15) is 0 Å². The fourth-order valence-electron chi connectivity index (χ4n) is 4.12. The summed E-state index contributed by atoms with van der Waals surface area (Å²) in [5, 5.41) is 0. The summed E-state index contributed by atoms with van der Waals surface area (Å²) < 4.78 is 1.23. The second kappa shape index (κ2) is 12.5. The molecule has 4 rings (SSSR count). The second-order valence-electron chi connectivity index (χ2n) is 8.46. The molecule has 0 N–H and O–H groups in total. The quantitative estimate of drug-likeness (QED) is 0.435. The van der Waals surface area contributed by atoms with Crippen LogP contribution in [0.2, 0.25) is 0 Å². The molecule has 30 heavy (non-hydrogen) atoms. The first-order valence-corrected chi connectivity index (χ1v) is 11.3. The van der Waals surface area contributed by atoms with Gasteiger partial charge in [-0.3, -0.25) is 0 Å². The Morgan fingerprint density at radius 3 is 1.50 bits per heavy atom. The van der Waals surface area contributed by atoms with Crippen LogP contribution in [-0.4, -0.2) is 81.9 Å². The standard InChI is InChI=1S/C13H21N2.C12H18N2.HI/c1-3-15(2)11-9-14(10-12-15)13-7-5-4-6-8-13;1-2-13-8-10-14(11-9-13)12-6-4-3-5-7-12;/h4-8H,3,9-12H2,1-2H3;3-7H,2,8-11H2,1H3;1H/q+1;;/p-1. The molecule has 0 unspecified atom stereocenters. The molecule has 0 aliphatic carbocycles. The lowest BCUT2D eigenvalue weighted by Gasteiger charge is -2.42. The smallest absolute Gasteiger partial charge is 0.0963 e. The van der Waals surface area contributed by atoms with Crippen molar-refractivity contribution in [3.63, 3.8) is 0 Å². The van der Waals surface area contributed by atoms with Gasteiger partial charge < -0.3 is 43.2 Å². The summed E-state index contributed by atoms with van der Waals surface area (Å²) in [5.41, 5.74) is 2.74. The van der Waals surface area contributed by atoms with Gasteiger partial charge in [-0.25, -0.2) is 0 Å². The molecule has 2 fully saturated rings. The molecule has 0 atom stereocenters. The highest BCUT2D eigenvalue weighted by Gasteiger charge is 2.26. The number of rotatable bonds is 4. The zero-order chi connectivity index (χ0) is 20.5. The highest BCUT2D eigenvalue weighted by atomic mass is 127. The van der Waals surface area contributed by atoms with Crippen molar-refractivity contribution in [3.05, 3.63) is 60.7 Å². The third-order valence-electron chi connectivity index (χ3n) is 6.65. The van der Waals surface area contributed by atoms with E-state index in [0.717, 1.165) is 13.1 Å². The van der Waals surface area contributed by atoms with Gasteiger partial charge in [0, 0.05) is 37.6 Å². The van der Waals surface area contributed by atoms with Crippen molar-refractivity contribution >= 4 is 11.4 Å². The van der Waals surface area contributed by atoms with Gasteiger partial charge in [0.2, 0.25) is 0 Å². The molecule has 2 aliphatic rings. The Hall–Kier alpha value is -1.31. The minimum Gasteiger partial charge on any atom is -1.00 e. The van der Waals surface area contributed by atoms with Crippen LogP contribution in [0.5, 0.6) is 0 Å². The number of anilines is 2. The fourth-order valence-corrected chi connectivity index (χ4v) is 4.12. The van der Waals surface area contributed by atoms with Crippen molar-refractivity contribution in [1.82, 2.24) is 4.90 Å². The Bertz CT molecular complexity index is 694. The van der Waals surface area contributed by atoms with E-state index in [1.165, 1.54) is 68.2 Å². The van der Waals surface area contributed by atoms with E-state index in [4.69, 9.17) is 0 Å². The van der Waals surface area contributed by atoms with Gasteiger partial charge in [-0.05, 0) is 37.7 Å². The lowest BCUT2D eigenvalue weighted by Crippen LogP contribution is -3.00. The molecule has 2 heterocycles. The Kier molecular flexibility index (Phi) is 10.4. The lowest BCUT2D eigenvalue weighted by molar-refractivity contribution is -0.908. The van der Waals surface area contributed by atoms with E-state index in [0.29, 0.717) is 0 Å². The Labute approximate surface area is 201 Å². The third-order valence-corrected chi connectivity index (χ3v) is 6.65. The normalized spacial score (nSPS) is 18.8. The SMILES string of the molecule is CCN1CCN(c2ccccc2)CC1.CC[N+]1(C)CCN(c2ccccc2)CC1.[I-]. The molecule has 2 aromatic rings. The molecule has 0 amide bonds. The number of hydrogen-bond acceptors (Lipinski definition) is 3. The summed E-state index contributed by atoms with van der Waals surface area (Å²) in [6.45, 7) is 16.6. The molecular weight excluding hydrogens is 483 g/mol. The lowest BCUT2D eigenvalue weighted by atomic mass is 10.2. The van der Waals surface area contributed by atoms with Crippen molar-refractivity contribution in [2.75, 3.05) is 82.3 Å². The van der Waals surface area contributed by atoms with Gasteiger partial charge in [0.25, 0.3) is 0 Å².